The maximum Gasteiger partial charge on any atom is 0.405 e. The molecule has 2 aromatic rings. The molecule has 1 aliphatic carbocycles. The highest BCUT2D eigenvalue weighted by atomic mass is 19.4. The Labute approximate surface area is 189 Å². The molecule has 1 saturated carbocycles. The lowest BCUT2D eigenvalue weighted by Gasteiger charge is -2.26. The first kappa shape index (κ1) is 24.3. The van der Waals surface area contributed by atoms with Gasteiger partial charge in [0.15, 0.2) is 11.9 Å². The Bertz CT molecular complexity index is 1000. The summed E-state index contributed by atoms with van der Waals surface area (Å²) < 4.78 is 42.6. The van der Waals surface area contributed by atoms with Crippen molar-refractivity contribution in [1.82, 2.24) is 10.2 Å². The van der Waals surface area contributed by atoms with Gasteiger partial charge in [0.05, 0.1) is 0 Å². The fraction of sp³-hybridized carbons (Fsp3) is 0.375. The number of benzene rings is 2. The molecule has 33 heavy (non-hydrogen) atoms. The Hall–Kier alpha value is -3.36. The van der Waals surface area contributed by atoms with Gasteiger partial charge in [0, 0.05) is 23.7 Å². The van der Waals surface area contributed by atoms with Crippen LogP contribution in [0.3, 0.4) is 0 Å². The molecule has 2 amide bonds. The number of hydrogen-bond acceptors (Lipinski definition) is 4. The molecule has 0 heterocycles. The second kappa shape index (κ2) is 10.1. The Morgan fingerprint density at radius 2 is 1.61 bits per heavy atom. The van der Waals surface area contributed by atoms with Crippen LogP contribution in [0.1, 0.15) is 53.0 Å². The van der Waals surface area contributed by atoms with Gasteiger partial charge in [0.25, 0.3) is 11.8 Å². The lowest BCUT2D eigenvalue weighted by molar-refractivity contribution is -0.139. The molecule has 9 heteroatoms. The maximum atomic E-state index is 13.0. The molecular formula is C24H25F3N2O4. The van der Waals surface area contributed by atoms with E-state index in [1.807, 2.05) is 5.32 Å². The smallest absolute Gasteiger partial charge is 0.405 e. The van der Waals surface area contributed by atoms with Crippen molar-refractivity contribution in [2.24, 2.45) is 0 Å². The number of carbonyl (C=O) groups is 3. The number of halogens is 3. The second-order valence-electron chi connectivity index (χ2n) is 8.03. The Balaban J connectivity index is 1.61. The van der Waals surface area contributed by atoms with Crippen LogP contribution in [0.5, 0.6) is 5.75 Å². The quantitative estimate of drug-likeness (QED) is 0.569. The standard InChI is InChI=1S/C24H25F3N2O4/c1-15(30)18-7-11-21(12-8-18)33-16(2)23(32)29(20-9-10-20)13-17-3-5-19(6-4-17)22(31)28-14-24(25,26)27/h3-8,11-12,16,20H,9-10,13-14H2,1-2H3,(H,28,31). The van der Waals surface area contributed by atoms with Crippen molar-refractivity contribution in [3.8, 4) is 5.75 Å². The molecule has 0 radical (unpaired) electrons. The topological polar surface area (TPSA) is 75.7 Å². The predicted octanol–water partition coefficient (Wildman–Crippen LogP) is 4.14. The first-order valence-electron chi connectivity index (χ1n) is 10.6. The third-order valence-electron chi connectivity index (χ3n) is 5.21. The summed E-state index contributed by atoms with van der Waals surface area (Å²) in [5, 5.41) is 1.83. The summed E-state index contributed by atoms with van der Waals surface area (Å²) in [6.07, 6.45) is -3.47. The van der Waals surface area contributed by atoms with Crippen LogP contribution < -0.4 is 10.1 Å². The van der Waals surface area contributed by atoms with Gasteiger partial charge in [-0.2, -0.15) is 13.2 Å². The fourth-order valence-electron chi connectivity index (χ4n) is 3.27. The van der Waals surface area contributed by atoms with Gasteiger partial charge in [0.2, 0.25) is 0 Å². The van der Waals surface area contributed by atoms with Gasteiger partial charge >= 0.3 is 6.18 Å². The van der Waals surface area contributed by atoms with Crippen LogP contribution in [0.4, 0.5) is 13.2 Å². The predicted molar refractivity (Wildman–Crippen MR) is 115 cm³/mol. The van der Waals surface area contributed by atoms with Gasteiger partial charge in [-0.1, -0.05) is 12.1 Å². The van der Waals surface area contributed by atoms with Crippen molar-refractivity contribution >= 4 is 17.6 Å². The second-order valence-corrected chi connectivity index (χ2v) is 8.03. The van der Waals surface area contributed by atoms with E-state index in [-0.39, 0.29) is 23.3 Å². The number of amides is 2. The van der Waals surface area contributed by atoms with Crippen molar-refractivity contribution < 1.29 is 32.3 Å². The molecule has 176 valence electrons. The van der Waals surface area contributed by atoms with Crippen LogP contribution in [0.2, 0.25) is 0 Å². The van der Waals surface area contributed by atoms with Gasteiger partial charge in [-0.25, -0.2) is 0 Å². The number of alkyl halides is 3. The minimum absolute atomic E-state index is 0.0607. The molecule has 0 bridgehead atoms. The van der Waals surface area contributed by atoms with Crippen molar-refractivity contribution in [3.05, 3.63) is 65.2 Å². The van der Waals surface area contributed by atoms with Crippen LogP contribution >= 0.6 is 0 Å². The molecule has 1 fully saturated rings. The van der Waals surface area contributed by atoms with E-state index in [0.29, 0.717) is 17.9 Å². The van der Waals surface area contributed by atoms with Crippen molar-refractivity contribution in [1.29, 1.82) is 0 Å². The molecule has 2 aromatic carbocycles. The first-order chi connectivity index (χ1) is 15.5. The number of ether oxygens (including phenoxy) is 1. The number of nitrogens with one attached hydrogen (secondary N) is 1. The average Bonchev–Trinajstić information content (AvgIpc) is 3.61. The summed E-state index contributed by atoms with van der Waals surface area (Å²) in [5.41, 5.74) is 1.41. The number of ketones is 1. The van der Waals surface area contributed by atoms with Crippen LogP contribution in [-0.4, -0.2) is 47.4 Å². The van der Waals surface area contributed by atoms with Gasteiger partial charge in [-0.15, -0.1) is 0 Å². The highest BCUT2D eigenvalue weighted by molar-refractivity contribution is 5.94. The molecule has 0 aliphatic heterocycles. The lowest BCUT2D eigenvalue weighted by atomic mass is 10.1. The normalized spacial score (nSPS) is 14.3. The van der Waals surface area contributed by atoms with E-state index in [0.717, 1.165) is 18.4 Å². The number of nitrogens with zero attached hydrogens (tertiary/aromatic N) is 1. The fourth-order valence-corrected chi connectivity index (χ4v) is 3.27. The summed E-state index contributed by atoms with van der Waals surface area (Å²) >= 11 is 0. The number of hydrogen-bond donors (Lipinski definition) is 1. The molecule has 6 nitrogen and oxygen atoms in total. The Morgan fingerprint density at radius 3 is 2.12 bits per heavy atom. The SMILES string of the molecule is CC(=O)c1ccc(OC(C)C(=O)N(Cc2ccc(C(=O)NCC(F)(F)F)cc2)C2CC2)cc1. The highest BCUT2D eigenvalue weighted by Crippen LogP contribution is 2.29. The summed E-state index contributed by atoms with van der Waals surface area (Å²) in [6.45, 7) is 2.03. The molecule has 3 rings (SSSR count). The van der Waals surface area contributed by atoms with E-state index < -0.39 is 24.7 Å². The van der Waals surface area contributed by atoms with Crippen LogP contribution in [0.25, 0.3) is 0 Å². The molecule has 1 aliphatic rings. The zero-order chi connectivity index (χ0) is 24.2. The van der Waals surface area contributed by atoms with E-state index >= 15 is 0 Å². The van der Waals surface area contributed by atoms with Crippen LogP contribution in [0, 0.1) is 0 Å². The van der Waals surface area contributed by atoms with Gasteiger partial charge < -0.3 is 15.0 Å². The highest BCUT2D eigenvalue weighted by Gasteiger charge is 2.35. The molecular weight excluding hydrogens is 437 g/mol. The summed E-state index contributed by atoms with van der Waals surface area (Å²) in [7, 11) is 0. The van der Waals surface area contributed by atoms with Gasteiger partial charge in [-0.3, -0.25) is 14.4 Å². The van der Waals surface area contributed by atoms with Crippen molar-refractivity contribution in [2.75, 3.05) is 6.54 Å². The third-order valence-corrected chi connectivity index (χ3v) is 5.21. The van der Waals surface area contributed by atoms with E-state index in [2.05, 4.69) is 0 Å². The van der Waals surface area contributed by atoms with Crippen molar-refractivity contribution in [3.63, 3.8) is 0 Å². The monoisotopic (exact) mass is 462 g/mol. The van der Waals surface area contributed by atoms with Gasteiger partial charge in [-0.05, 0) is 68.7 Å². The lowest BCUT2D eigenvalue weighted by Crippen LogP contribution is -2.41. The maximum absolute atomic E-state index is 13.0. The number of rotatable bonds is 9. The Kier molecular flexibility index (Phi) is 7.40. The molecule has 1 N–H and O–H groups in total. The van der Waals surface area contributed by atoms with E-state index in [4.69, 9.17) is 4.74 Å². The van der Waals surface area contributed by atoms with E-state index in [9.17, 15) is 27.6 Å². The minimum atomic E-state index is -4.48. The largest absolute Gasteiger partial charge is 0.481 e. The molecule has 1 atom stereocenters. The van der Waals surface area contributed by atoms with E-state index in [1.54, 1.807) is 48.2 Å². The average molecular weight is 462 g/mol. The number of carbonyl (C=O) groups excluding carboxylic acids is 3. The third kappa shape index (κ3) is 7.06. The molecule has 0 aromatic heterocycles. The Morgan fingerprint density at radius 1 is 1.03 bits per heavy atom. The van der Waals surface area contributed by atoms with Crippen LogP contribution in [0.15, 0.2) is 48.5 Å². The molecule has 0 saturated heterocycles. The zero-order valence-corrected chi connectivity index (χ0v) is 18.3. The molecule has 0 spiro atoms. The summed E-state index contributed by atoms with van der Waals surface area (Å²) in [6, 6.07) is 12.8. The van der Waals surface area contributed by atoms with Crippen LogP contribution in [-0.2, 0) is 11.3 Å². The number of Topliss-reactive ketones (excluding diaryl/α,β-unsaturated/α-hetero) is 1. The first-order valence-corrected chi connectivity index (χ1v) is 10.6. The van der Waals surface area contributed by atoms with Crippen molar-refractivity contribution in [2.45, 2.75) is 51.6 Å². The van der Waals surface area contributed by atoms with Gasteiger partial charge in [0.1, 0.15) is 12.3 Å². The summed E-state index contributed by atoms with van der Waals surface area (Å²) in [4.78, 5) is 38.0. The zero-order valence-electron chi connectivity index (χ0n) is 18.3. The van der Waals surface area contributed by atoms with E-state index in [1.165, 1.54) is 19.1 Å². The summed E-state index contributed by atoms with van der Waals surface area (Å²) in [5.74, 6) is -0.591. The minimum Gasteiger partial charge on any atom is -0.481 e. The molecule has 1 unspecified atom stereocenters.